The second-order valence-corrected chi connectivity index (χ2v) is 4.74. The number of unbranched alkanes of at least 4 members (excludes halogenated alkanes) is 4. The molecular weight excluding hydrogens is 188 g/mol. The zero-order valence-corrected chi connectivity index (χ0v) is 10.1. The fraction of sp³-hybridized carbons (Fsp3) is 0.923. The van der Waals surface area contributed by atoms with E-state index in [0.717, 1.165) is 5.92 Å². The molecule has 1 fully saturated rings. The molecule has 0 spiro atoms. The highest BCUT2D eigenvalue weighted by atomic mass is 16.5. The molecule has 2 nitrogen and oxygen atoms in total. The topological polar surface area (TPSA) is 26.3 Å². The lowest BCUT2D eigenvalue weighted by Gasteiger charge is -2.00. The van der Waals surface area contributed by atoms with E-state index >= 15 is 0 Å². The Balaban J connectivity index is 1.91. The summed E-state index contributed by atoms with van der Waals surface area (Å²) >= 11 is 0. The van der Waals surface area contributed by atoms with E-state index in [1.165, 1.54) is 52.1 Å². The maximum Gasteiger partial charge on any atom is 0.305 e. The molecule has 0 saturated heterocycles. The van der Waals surface area contributed by atoms with Crippen LogP contribution in [0.3, 0.4) is 0 Å². The first kappa shape index (κ1) is 12.5. The monoisotopic (exact) mass is 212 g/mol. The van der Waals surface area contributed by atoms with Gasteiger partial charge in [0.1, 0.15) is 0 Å². The van der Waals surface area contributed by atoms with Gasteiger partial charge in [-0.3, -0.25) is 4.79 Å². The van der Waals surface area contributed by atoms with Gasteiger partial charge in [0.05, 0.1) is 7.11 Å². The Labute approximate surface area is 93.4 Å². The Morgan fingerprint density at radius 3 is 2.60 bits per heavy atom. The van der Waals surface area contributed by atoms with E-state index < -0.39 is 0 Å². The van der Waals surface area contributed by atoms with Gasteiger partial charge in [0.25, 0.3) is 0 Å². The van der Waals surface area contributed by atoms with Crippen LogP contribution in [0.1, 0.15) is 58.3 Å². The Hall–Kier alpha value is -0.530. The fourth-order valence-electron chi connectivity index (χ4n) is 2.22. The van der Waals surface area contributed by atoms with Crippen molar-refractivity contribution in [3.05, 3.63) is 0 Å². The number of rotatable bonds is 8. The van der Waals surface area contributed by atoms with Crippen LogP contribution in [0.5, 0.6) is 0 Å². The first-order chi connectivity index (χ1) is 7.27. The Kier molecular flexibility index (Phi) is 5.74. The maximum atomic E-state index is 11.0. The molecule has 0 heterocycles. The Morgan fingerprint density at radius 2 is 1.93 bits per heavy atom. The minimum Gasteiger partial charge on any atom is -0.469 e. The highest BCUT2D eigenvalue weighted by Gasteiger charge is 2.37. The standard InChI is InChI=1S/C13H24O2/c1-3-4-5-6-7-8-11-9-12(11)10-13(14)15-2/h11-12H,3-10H2,1-2H3/t11-,12+/m1/s1. The summed E-state index contributed by atoms with van der Waals surface area (Å²) in [6.07, 6.45) is 10.0. The number of hydrogen-bond acceptors (Lipinski definition) is 2. The van der Waals surface area contributed by atoms with Crippen LogP contribution < -0.4 is 0 Å². The zero-order valence-electron chi connectivity index (χ0n) is 10.1. The molecule has 0 aromatic carbocycles. The first-order valence-corrected chi connectivity index (χ1v) is 6.34. The molecule has 0 aliphatic heterocycles. The normalized spacial score (nSPS) is 23.9. The van der Waals surface area contributed by atoms with Crippen LogP contribution in [-0.4, -0.2) is 13.1 Å². The lowest BCUT2D eigenvalue weighted by Crippen LogP contribution is -2.01. The fourth-order valence-corrected chi connectivity index (χ4v) is 2.22. The van der Waals surface area contributed by atoms with Crippen molar-refractivity contribution >= 4 is 5.97 Å². The second-order valence-electron chi connectivity index (χ2n) is 4.74. The van der Waals surface area contributed by atoms with Crippen molar-refractivity contribution in [1.82, 2.24) is 0 Å². The molecule has 0 radical (unpaired) electrons. The lowest BCUT2D eigenvalue weighted by atomic mass is 10.1. The molecule has 2 heteroatoms. The molecule has 0 aromatic rings. The van der Waals surface area contributed by atoms with Gasteiger partial charge in [-0.25, -0.2) is 0 Å². The van der Waals surface area contributed by atoms with E-state index in [9.17, 15) is 4.79 Å². The van der Waals surface area contributed by atoms with E-state index in [2.05, 4.69) is 11.7 Å². The third-order valence-electron chi connectivity index (χ3n) is 3.40. The minimum atomic E-state index is -0.0338. The van der Waals surface area contributed by atoms with Crippen LogP contribution in [0.15, 0.2) is 0 Å². The number of esters is 1. The van der Waals surface area contributed by atoms with E-state index in [1.54, 1.807) is 0 Å². The van der Waals surface area contributed by atoms with Gasteiger partial charge in [0, 0.05) is 6.42 Å². The minimum absolute atomic E-state index is 0.0338. The van der Waals surface area contributed by atoms with Crippen molar-refractivity contribution in [1.29, 1.82) is 0 Å². The Bertz CT molecular complexity index is 189. The predicted molar refractivity (Wildman–Crippen MR) is 61.6 cm³/mol. The van der Waals surface area contributed by atoms with Crippen LogP contribution in [0, 0.1) is 11.8 Å². The third kappa shape index (κ3) is 5.19. The molecule has 0 unspecified atom stereocenters. The highest BCUT2D eigenvalue weighted by molar-refractivity contribution is 5.69. The van der Waals surface area contributed by atoms with Crippen LogP contribution in [0.25, 0.3) is 0 Å². The number of hydrogen-bond donors (Lipinski definition) is 0. The van der Waals surface area contributed by atoms with Gasteiger partial charge in [-0.1, -0.05) is 45.4 Å². The predicted octanol–water partition coefficient (Wildman–Crippen LogP) is 3.55. The number of ether oxygens (including phenoxy) is 1. The number of carbonyl (C=O) groups excluding carboxylic acids is 1. The largest absolute Gasteiger partial charge is 0.469 e. The molecule has 0 aromatic heterocycles. The summed E-state index contributed by atoms with van der Waals surface area (Å²) in [7, 11) is 1.48. The van der Waals surface area contributed by atoms with Crippen LogP contribution in [0.2, 0.25) is 0 Å². The molecule has 1 saturated carbocycles. The van der Waals surface area contributed by atoms with Gasteiger partial charge in [-0.05, 0) is 18.3 Å². The summed E-state index contributed by atoms with van der Waals surface area (Å²) in [6, 6.07) is 0. The van der Waals surface area contributed by atoms with Crippen molar-refractivity contribution < 1.29 is 9.53 Å². The lowest BCUT2D eigenvalue weighted by molar-refractivity contribution is -0.141. The summed E-state index contributed by atoms with van der Waals surface area (Å²) in [5.41, 5.74) is 0. The first-order valence-electron chi connectivity index (χ1n) is 6.34. The van der Waals surface area contributed by atoms with Crippen LogP contribution in [0.4, 0.5) is 0 Å². The van der Waals surface area contributed by atoms with Crippen LogP contribution in [-0.2, 0) is 9.53 Å². The smallest absolute Gasteiger partial charge is 0.305 e. The molecular formula is C13H24O2. The van der Waals surface area contributed by atoms with E-state index in [0.29, 0.717) is 12.3 Å². The number of carbonyl (C=O) groups is 1. The molecule has 1 rings (SSSR count). The average Bonchev–Trinajstić information content (AvgIpc) is 2.96. The van der Waals surface area contributed by atoms with Crippen molar-refractivity contribution in [3.8, 4) is 0 Å². The molecule has 88 valence electrons. The number of methoxy groups -OCH3 is 1. The zero-order chi connectivity index (χ0) is 11.1. The van der Waals surface area contributed by atoms with E-state index in [1.807, 2.05) is 0 Å². The molecule has 1 aliphatic rings. The summed E-state index contributed by atoms with van der Waals surface area (Å²) in [5.74, 6) is 1.43. The van der Waals surface area contributed by atoms with Gasteiger partial charge < -0.3 is 4.74 Å². The third-order valence-corrected chi connectivity index (χ3v) is 3.40. The summed E-state index contributed by atoms with van der Waals surface area (Å²) in [4.78, 5) is 11.0. The van der Waals surface area contributed by atoms with Crippen LogP contribution >= 0.6 is 0 Å². The van der Waals surface area contributed by atoms with Crippen molar-refractivity contribution in [3.63, 3.8) is 0 Å². The Morgan fingerprint density at radius 1 is 1.20 bits per heavy atom. The van der Waals surface area contributed by atoms with Gasteiger partial charge in [-0.2, -0.15) is 0 Å². The van der Waals surface area contributed by atoms with Crippen molar-refractivity contribution in [2.75, 3.05) is 7.11 Å². The molecule has 1 aliphatic carbocycles. The SMILES string of the molecule is CCCCCCC[C@@H]1C[C@H]1CC(=O)OC. The molecule has 0 N–H and O–H groups in total. The quantitative estimate of drug-likeness (QED) is 0.454. The highest BCUT2D eigenvalue weighted by Crippen LogP contribution is 2.44. The summed E-state index contributed by atoms with van der Waals surface area (Å²) < 4.78 is 4.67. The maximum absolute atomic E-state index is 11.0. The molecule has 0 amide bonds. The average molecular weight is 212 g/mol. The molecule has 0 bridgehead atoms. The van der Waals surface area contributed by atoms with E-state index in [4.69, 9.17) is 0 Å². The van der Waals surface area contributed by atoms with Crippen molar-refractivity contribution in [2.45, 2.75) is 58.3 Å². The second kappa shape index (κ2) is 6.86. The van der Waals surface area contributed by atoms with Gasteiger partial charge >= 0.3 is 5.97 Å². The summed E-state index contributed by atoms with van der Waals surface area (Å²) in [5, 5.41) is 0. The van der Waals surface area contributed by atoms with Gasteiger partial charge in [0.15, 0.2) is 0 Å². The van der Waals surface area contributed by atoms with Gasteiger partial charge in [-0.15, -0.1) is 0 Å². The van der Waals surface area contributed by atoms with Crippen molar-refractivity contribution in [2.24, 2.45) is 11.8 Å². The summed E-state index contributed by atoms with van der Waals surface area (Å²) in [6.45, 7) is 2.24. The molecule has 2 atom stereocenters. The molecule has 15 heavy (non-hydrogen) atoms. The van der Waals surface area contributed by atoms with E-state index in [-0.39, 0.29) is 5.97 Å². The van der Waals surface area contributed by atoms with Gasteiger partial charge in [0.2, 0.25) is 0 Å².